The van der Waals surface area contributed by atoms with E-state index in [4.69, 9.17) is 9.40 Å². The third-order valence-corrected chi connectivity index (χ3v) is 6.66. The Hall–Kier alpha value is -4.16. The first-order chi connectivity index (χ1) is 19.0. The van der Waals surface area contributed by atoms with Gasteiger partial charge in [0.1, 0.15) is 0 Å². The number of aliphatic hydroxyl groups is 1. The Morgan fingerprint density at radius 1 is 1.25 bits per heavy atom. The molecule has 1 aliphatic heterocycles. The lowest BCUT2D eigenvalue weighted by atomic mass is 9.96. The van der Waals surface area contributed by atoms with Gasteiger partial charge in [-0.05, 0) is 36.6 Å². The second-order valence-corrected chi connectivity index (χ2v) is 11.3. The van der Waals surface area contributed by atoms with Gasteiger partial charge in [-0.25, -0.2) is 9.97 Å². The summed E-state index contributed by atoms with van der Waals surface area (Å²) >= 11 is 0. The minimum absolute atomic E-state index is 0.0657. The van der Waals surface area contributed by atoms with Gasteiger partial charge in [0.25, 0.3) is 0 Å². The molecule has 0 unspecified atom stereocenters. The number of carbonyl (C=O) groups is 1. The highest BCUT2D eigenvalue weighted by molar-refractivity contribution is 5.89. The molecular weight excluding hydrogens is 510 g/mol. The fourth-order valence-corrected chi connectivity index (χ4v) is 4.74. The zero-order valence-electron chi connectivity index (χ0n) is 23.4. The zero-order chi connectivity index (χ0) is 28.4. The molecule has 12 heteroatoms. The summed E-state index contributed by atoms with van der Waals surface area (Å²) in [5.41, 5.74) is 4.25. The number of anilines is 2. The Labute approximate surface area is 232 Å². The average Bonchev–Trinajstić information content (AvgIpc) is 3.52. The Morgan fingerprint density at radius 3 is 2.77 bits per heavy atom. The fraction of sp³-hybridized carbons (Fsp3) is 0.429. The largest absolute Gasteiger partial charge is 0.416 e. The van der Waals surface area contributed by atoms with Crippen molar-refractivity contribution in [3.05, 3.63) is 65.8 Å². The van der Waals surface area contributed by atoms with Crippen molar-refractivity contribution in [3.8, 4) is 11.3 Å². The van der Waals surface area contributed by atoms with Crippen LogP contribution in [0.1, 0.15) is 61.4 Å². The molecule has 210 valence electrons. The van der Waals surface area contributed by atoms with Gasteiger partial charge in [-0.15, -0.1) is 10.2 Å². The van der Waals surface area contributed by atoms with Crippen molar-refractivity contribution in [1.29, 1.82) is 0 Å². The molecule has 1 aromatic carbocycles. The van der Waals surface area contributed by atoms with Gasteiger partial charge >= 0.3 is 11.8 Å². The zero-order valence-corrected chi connectivity index (χ0v) is 23.4. The predicted octanol–water partition coefficient (Wildman–Crippen LogP) is 3.01. The number of aromatic nitrogens is 6. The first-order valence-corrected chi connectivity index (χ1v) is 13.3. The van der Waals surface area contributed by atoms with Gasteiger partial charge < -0.3 is 20.2 Å². The number of β-amino-alcohol motifs (C(OH)–C–C–N with tert-alkyl or cyclic N) is 1. The Balaban J connectivity index is 1.41. The lowest BCUT2D eigenvalue weighted by Crippen LogP contribution is -2.40. The van der Waals surface area contributed by atoms with Crippen LogP contribution >= 0.6 is 0 Å². The van der Waals surface area contributed by atoms with Crippen molar-refractivity contribution in [1.82, 2.24) is 40.2 Å². The van der Waals surface area contributed by atoms with Gasteiger partial charge in [-0.3, -0.25) is 14.4 Å². The topological polar surface area (TPSA) is 147 Å². The number of carbonyl (C=O) groups excluding carboxylic acids is 1. The van der Waals surface area contributed by atoms with E-state index in [9.17, 15) is 9.90 Å². The number of aliphatic hydroxyl groups excluding tert-OH is 1. The highest BCUT2D eigenvalue weighted by Crippen LogP contribution is 2.30. The normalized spacial score (nSPS) is 16.7. The standard InChI is InChI=1S/C28H35N9O3/c1-17(38)14-37-11-9-18-12-19(22-8-10-29-27(33-22)31-20-13-30-36(5)15-20)6-7-21(18)23(16-37)32-24(39)25-34-35-26(40-25)28(2,3)4/h6-8,10,12-13,15,17,23,38H,9,11,14,16H2,1-5H3,(H,32,39)(H,29,31,33)/t17-,23-/m1/s1. The molecule has 0 spiro atoms. The van der Waals surface area contributed by atoms with E-state index in [-0.39, 0.29) is 17.3 Å². The Kier molecular flexibility index (Phi) is 7.63. The molecule has 0 saturated carbocycles. The highest BCUT2D eigenvalue weighted by atomic mass is 16.4. The van der Waals surface area contributed by atoms with Crippen LogP contribution in [0.2, 0.25) is 0 Å². The van der Waals surface area contributed by atoms with E-state index in [0.29, 0.717) is 24.9 Å². The van der Waals surface area contributed by atoms with E-state index in [1.807, 2.05) is 52.2 Å². The van der Waals surface area contributed by atoms with Crippen molar-refractivity contribution in [2.75, 3.05) is 25.0 Å². The number of benzene rings is 1. The summed E-state index contributed by atoms with van der Waals surface area (Å²) in [5, 5.41) is 28.6. The van der Waals surface area contributed by atoms with Crippen LogP contribution in [0.25, 0.3) is 11.3 Å². The first kappa shape index (κ1) is 27.4. The number of fused-ring (bicyclic) bond motifs is 1. The van der Waals surface area contributed by atoms with Gasteiger partial charge in [-0.1, -0.05) is 32.9 Å². The molecule has 0 fully saturated rings. The summed E-state index contributed by atoms with van der Waals surface area (Å²) in [6, 6.07) is 7.68. The van der Waals surface area contributed by atoms with E-state index >= 15 is 0 Å². The molecular formula is C28H35N9O3. The lowest BCUT2D eigenvalue weighted by molar-refractivity contribution is 0.0871. The van der Waals surface area contributed by atoms with Gasteiger partial charge in [0.15, 0.2) is 0 Å². The maximum absolute atomic E-state index is 13.2. The summed E-state index contributed by atoms with van der Waals surface area (Å²) in [6.07, 6.45) is 5.54. The Bertz CT molecular complexity index is 1490. The number of rotatable bonds is 7. The Morgan fingerprint density at radius 2 is 2.08 bits per heavy atom. The van der Waals surface area contributed by atoms with E-state index in [0.717, 1.165) is 41.0 Å². The van der Waals surface area contributed by atoms with Gasteiger partial charge in [-0.2, -0.15) is 5.10 Å². The molecule has 0 aliphatic carbocycles. The fourth-order valence-electron chi connectivity index (χ4n) is 4.74. The maximum Gasteiger partial charge on any atom is 0.309 e. The van der Waals surface area contributed by atoms with Crippen LogP contribution in [0.5, 0.6) is 0 Å². The number of hydrogen-bond donors (Lipinski definition) is 3. The summed E-state index contributed by atoms with van der Waals surface area (Å²) in [4.78, 5) is 24.4. The smallest absolute Gasteiger partial charge is 0.309 e. The third-order valence-electron chi connectivity index (χ3n) is 6.66. The van der Waals surface area contributed by atoms with E-state index in [1.165, 1.54) is 0 Å². The maximum atomic E-state index is 13.2. The van der Waals surface area contributed by atoms with Crippen LogP contribution < -0.4 is 10.6 Å². The summed E-state index contributed by atoms with van der Waals surface area (Å²) in [5.74, 6) is 0.386. The number of hydrogen-bond acceptors (Lipinski definition) is 10. The molecule has 5 rings (SSSR count). The summed E-state index contributed by atoms with van der Waals surface area (Å²) in [6.45, 7) is 9.38. The molecule has 2 atom stereocenters. The van der Waals surface area contributed by atoms with Gasteiger partial charge in [0, 0.05) is 50.1 Å². The molecule has 0 radical (unpaired) electrons. The second kappa shape index (κ2) is 11.1. The van der Waals surface area contributed by atoms with E-state index < -0.39 is 12.0 Å². The number of nitrogens with zero attached hydrogens (tertiary/aromatic N) is 7. The molecule has 4 heterocycles. The molecule has 1 amide bonds. The third kappa shape index (κ3) is 6.35. The molecule has 3 aromatic heterocycles. The van der Waals surface area contributed by atoms with Crippen LogP contribution in [-0.4, -0.2) is 71.6 Å². The molecule has 0 bridgehead atoms. The van der Waals surface area contributed by atoms with E-state index in [1.54, 1.807) is 24.0 Å². The molecule has 12 nitrogen and oxygen atoms in total. The van der Waals surface area contributed by atoms with Crippen molar-refractivity contribution < 1.29 is 14.3 Å². The monoisotopic (exact) mass is 545 g/mol. The molecule has 4 aromatic rings. The van der Waals surface area contributed by atoms with Crippen LogP contribution in [0, 0.1) is 0 Å². The summed E-state index contributed by atoms with van der Waals surface area (Å²) < 4.78 is 7.39. The minimum atomic E-state index is -0.495. The quantitative estimate of drug-likeness (QED) is 0.317. The lowest BCUT2D eigenvalue weighted by Gasteiger charge is -2.26. The van der Waals surface area contributed by atoms with Crippen LogP contribution in [-0.2, 0) is 18.9 Å². The molecule has 40 heavy (non-hydrogen) atoms. The van der Waals surface area contributed by atoms with Gasteiger partial charge in [0.05, 0.1) is 29.7 Å². The second-order valence-electron chi connectivity index (χ2n) is 11.3. The van der Waals surface area contributed by atoms with Crippen molar-refractivity contribution in [2.45, 2.75) is 51.7 Å². The van der Waals surface area contributed by atoms with E-state index in [2.05, 4.69) is 41.9 Å². The first-order valence-electron chi connectivity index (χ1n) is 13.3. The number of amides is 1. The van der Waals surface area contributed by atoms with Crippen molar-refractivity contribution in [2.24, 2.45) is 7.05 Å². The highest BCUT2D eigenvalue weighted by Gasteiger charge is 2.29. The minimum Gasteiger partial charge on any atom is -0.416 e. The molecule has 0 saturated heterocycles. The SMILES string of the molecule is C[C@@H](O)CN1CCc2cc(-c3ccnc(Nc4cnn(C)c4)n3)ccc2[C@H](NC(=O)c2nnc(C(C)(C)C)o2)C1. The molecule has 3 N–H and O–H groups in total. The van der Waals surface area contributed by atoms with Crippen LogP contribution in [0.15, 0.2) is 47.3 Å². The number of nitrogens with one attached hydrogen (secondary N) is 2. The summed E-state index contributed by atoms with van der Waals surface area (Å²) in [7, 11) is 1.85. The molecule has 1 aliphatic rings. The van der Waals surface area contributed by atoms with Gasteiger partial charge in [0.2, 0.25) is 11.8 Å². The predicted molar refractivity (Wildman–Crippen MR) is 149 cm³/mol. The van der Waals surface area contributed by atoms with Crippen LogP contribution in [0.4, 0.5) is 11.6 Å². The van der Waals surface area contributed by atoms with Crippen LogP contribution in [0.3, 0.4) is 0 Å². The van der Waals surface area contributed by atoms with Crippen molar-refractivity contribution >= 4 is 17.5 Å². The average molecular weight is 546 g/mol. The number of aryl methyl sites for hydroxylation is 1. The van der Waals surface area contributed by atoms with Crippen molar-refractivity contribution in [3.63, 3.8) is 0 Å².